The van der Waals surface area contributed by atoms with Crippen LogP contribution in [-0.2, 0) is 13.2 Å². The fraction of sp³-hybridized carbons (Fsp3) is 0.375. The molecule has 0 fully saturated rings. The van der Waals surface area contributed by atoms with E-state index in [4.69, 9.17) is 32.4 Å². The number of halogens is 2. The van der Waals surface area contributed by atoms with Crippen molar-refractivity contribution in [2.45, 2.75) is 27.0 Å². The lowest BCUT2D eigenvalue weighted by atomic mass is 10.2. The van der Waals surface area contributed by atoms with Crippen LogP contribution in [0, 0.1) is 5.92 Å². The topological polar surface area (TPSA) is 34.4 Å². The van der Waals surface area contributed by atoms with Crippen molar-refractivity contribution in [2.24, 2.45) is 5.92 Å². The Morgan fingerprint density at radius 1 is 1.29 bits per heavy atom. The highest BCUT2D eigenvalue weighted by molar-refractivity contribution is 6.42. The van der Waals surface area contributed by atoms with Crippen LogP contribution < -0.4 is 10.1 Å². The quantitative estimate of drug-likeness (QED) is 0.784. The maximum absolute atomic E-state index is 6.07. The van der Waals surface area contributed by atoms with Gasteiger partial charge in [-0.15, -0.1) is 0 Å². The molecule has 0 atom stereocenters. The monoisotopic (exact) mass is 327 g/mol. The second-order valence-electron chi connectivity index (χ2n) is 5.29. The predicted octanol–water partition coefficient (Wildman–Crippen LogP) is 4.91. The molecule has 0 aliphatic carbocycles. The summed E-state index contributed by atoms with van der Waals surface area (Å²) >= 11 is 12.0. The molecule has 1 aromatic heterocycles. The highest BCUT2D eigenvalue weighted by Gasteiger charge is 2.07. The first-order valence-electron chi connectivity index (χ1n) is 6.90. The van der Waals surface area contributed by atoms with Crippen molar-refractivity contribution in [1.29, 1.82) is 0 Å². The summed E-state index contributed by atoms with van der Waals surface area (Å²) in [6.45, 7) is 6.45. The number of benzene rings is 1. The van der Waals surface area contributed by atoms with Gasteiger partial charge >= 0.3 is 0 Å². The molecule has 0 saturated heterocycles. The van der Waals surface area contributed by atoms with E-state index in [1.54, 1.807) is 24.5 Å². The molecule has 2 rings (SSSR count). The Hall–Kier alpha value is -1.16. The maximum Gasteiger partial charge on any atom is 0.146 e. The number of ether oxygens (including phenoxy) is 1. The summed E-state index contributed by atoms with van der Waals surface area (Å²) < 4.78 is 11.1. The van der Waals surface area contributed by atoms with E-state index in [9.17, 15) is 0 Å². The van der Waals surface area contributed by atoms with E-state index < -0.39 is 0 Å². The molecule has 0 spiro atoms. The summed E-state index contributed by atoms with van der Waals surface area (Å²) in [5.74, 6) is 1.94. The molecule has 0 saturated carbocycles. The van der Waals surface area contributed by atoms with Gasteiger partial charge in [0, 0.05) is 12.1 Å². The Labute approximate surface area is 135 Å². The van der Waals surface area contributed by atoms with Crippen LogP contribution in [0.25, 0.3) is 0 Å². The Bertz CT molecular complexity index is 581. The minimum Gasteiger partial charge on any atom is -0.484 e. The van der Waals surface area contributed by atoms with Gasteiger partial charge in [0.1, 0.15) is 23.1 Å². The Kier molecular flexibility index (Phi) is 5.97. The zero-order chi connectivity index (χ0) is 15.2. The standard InChI is InChI=1S/C16H19Cl2NO2/c1-11(2)7-19-8-12-6-13(20-9-12)10-21-15-5-3-4-14(17)16(15)18/h3-6,9,11,19H,7-8,10H2,1-2H3. The lowest BCUT2D eigenvalue weighted by molar-refractivity contribution is 0.270. The molecule has 5 heteroatoms. The van der Waals surface area contributed by atoms with Crippen molar-refractivity contribution in [2.75, 3.05) is 6.54 Å². The molecular formula is C16H19Cl2NO2. The largest absolute Gasteiger partial charge is 0.484 e. The zero-order valence-corrected chi connectivity index (χ0v) is 13.7. The van der Waals surface area contributed by atoms with Crippen molar-refractivity contribution in [1.82, 2.24) is 5.32 Å². The van der Waals surface area contributed by atoms with E-state index in [1.165, 1.54) is 0 Å². The van der Waals surface area contributed by atoms with E-state index in [1.807, 2.05) is 6.07 Å². The van der Waals surface area contributed by atoms with Gasteiger partial charge in [-0.2, -0.15) is 0 Å². The summed E-state index contributed by atoms with van der Waals surface area (Å²) in [5.41, 5.74) is 1.10. The predicted molar refractivity (Wildman–Crippen MR) is 86.0 cm³/mol. The molecule has 114 valence electrons. The van der Waals surface area contributed by atoms with Crippen LogP contribution in [0.2, 0.25) is 10.0 Å². The number of hydrogen-bond donors (Lipinski definition) is 1. The third-order valence-corrected chi connectivity index (χ3v) is 3.68. The van der Waals surface area contributed by atoms with Gasteiger partial charge in [0.2, 0.25) is 0 Å². The van der Waals surface area contributed by atoms with Crippen molar-refractivity contribution >= 4 is 23.2 Å². The van der Waals surface area contributed by atoms with Crippen molar-refractivity contribution in [3.63, 3.8) is 0 Å². The maximum atomic E-state index is 6.07. The molecule has 1 aromatic carbocycles. The smallest absolute Gasteiger partial charge is 0.146 e. The first-order chi connectivity index (χ1) is 10.1. The molecule has 0 amide bonds. The number of furan rings is 1. The molecule has 0 bridgehead atoms. The lowest BCUT2D eigenvalue weighted by Crippen LogP contribution is -2.18. The molecule has 21 heavy (non-hydrogen) atoms. The average Bonchev–Trinajstić information content (AvgIpc) is 2.88. The number of hydrogen-bond acceptors (Lipinski definition) is 3. The molecule has 1 N–H and O–H groups in total. The van der Waals surface area contributed by atoms with E-state index in [2.05, 4.69) is 19.2 Å². The van der Waals surface area contributed by atoms with E-state index in [0.717, 1.165) is 24.4 Å². The summed E-state index contributed by atoms with van der Waals surface area (Å²) in [6, 6.07) is 7.28. The first-order valence-corrected chi connectivity index (χ1v) is 7.65. The first kappa shape index (κ1) is 16.2. The van der Waals surface area contributed by atoms with E-state index in [0.29, 0.717) is 28.3 Å². The lowest BCUT2D eigenvalue weighted by Gasteiger charge is -2.07. The molecule has 1 heterocycles. The van der Waals surface area contributed by atoms with Gasteiger partial charge in [0.25, 0.3) is 0 Å². The third kappa shape index (κ3) is 4.95. The second-order valence-corrected chi connectivity index (χ2v) is 6.07. The van der Waals surface area contributed by atoms with Gasteiger partial charge < -0.3 is 14.5 Å². The van der Waals surface area contributed by atoms with E-state index >= 15 is 0 Å². The zero-order valence-electron chi connectivity index (χ0n) is 12.2. The van der Waals surface area contributed by atoms with Crippen LogP contribution in [0.15, 0.2) is 34.9 Å². The molecule has 0 unspecified atom stereocenters. The molecule has 3 nitrogen and oxygen atoms in total. The highest BCUT2D eigenvalue weighted by Crippen LogP contribution is 2.31. The van der Waals surface area contributed by atoms with Crippen LogP contribution in [0.4, 0.5) is 0 Å². The highest BCUT2D eigenvalue weighted by atomic mass is 35.5. The summed E-state index contributed by atoms with van der Waals surface area (Å²) in [7, 11) is 0. The summed E-state index contributed by atoms with van der Waals surface area (Å²) in [6.07, 6.45) is 1.74. The van der Waals surface area contributed by atoms with Crippen LogP contribution in [0.3, 0.4) is 0 Å². The van der Waals surface area contributed by atoms with Crippen molar-refractivity contribution in [3.05, 3.63) is 51.9 Å². The van der Waals surface area contributed by atoms with Crippen molar-refractivity contribution in [3.8, 4) is 5.75 Å². The SMILES string of the molecule is CC(C)CNCc1coc(COc2cccc(Cl)c2Cl)c1. The van der Waals surface area contributed by atoms with Crippen LogP contribution in [0.1, 0.15) is 25.2 Å². The normalized spacial score (nSPS) is 11.1. The van der Waals surface area contributed by atoms with Gasteiger partial charge in [-0.25, -0.2) is 0 Å². The Morgan fingerprint density at radius 2 is 2.10 bits per heavy atom. The average molecular weight is 328 g/mol. The van der Waals surface area contributed by atoms with Gasteiger partial charge in [-0.1, -0.05) is 43.1 Å². The van der Waals surface area contributed by atoms with E-state index in [-0.39, 0.29) is 0 Å². The number of rotatable bonds is 7. The van der Waals surface area contributed by atoms with Crippen LogP contribution >= 0.6 is 23.2 Å². The molecule has 0 aliphatic heterocycles. The second kappa shape index (κ2) is 7.74. The fourth-order valence-electron chi connectivity index (χ4n) is 1.84. The Morgan fingerprint density at radius 3 is 2.86 bits per heavy atom. The minimum absolute atomic E-state index is 0.324. The molecular weight excluding hydrogens is 309 g/mol. The summed E-state index contributed by atoms with van der Waals surface area (Å²) in [5, 5.41) is 4.27. The van der Waals surface area contributed by atoms with Gasteiger partial charge in [-0.05, 0) is 30.7 Å². The fourth-order valence-corrected chi connectivity index (χ4v) is 2.19. The van der Waals surface area contributed by atoms with Gasteiger partial charge in [0.15, 0.2) is 0 Å². The van der Waals surface area contributed by atoms with Crippen molar-refractivity contribution < 1.29 is 9.15 Å². The third-order valence-electron chi connectivity index (χ3n) is 2.88. The van der Waals surface area contributed by atoms with Crippen LogP contribution in [-0.4, -0.2) is 6.54 Å². The van der Waals surface area contributed by atoms with Crippen LogP contribution in [0.5, 0.6) is 5.75 Å². The summed E-state index contributed by atoms with van der Waals surface area (Å²) in [4.78, 5) is 0. The minimum atomic E-state index is 0.324. The van der Waals surface area contributed by atoms with Gasteiger partial charge in [0.05, 0.1) is 11.3 Å². The molecule has 0 radical (unpaired) electrons. The molecule has 0 aliphatic rings. The molecule has 2 aromatic rings. The van der Waals surface area contributed by atoms with Gasteiger partial charge in [-0.3, -0.25) is 0 Å². The Balaban J connectivity index is 1.86. The number of nitrogens with one attached hydrogen (secondary N) is 1.